The van der Waals surface area contributed by atoms with Crippen LogP contribution in [0.1, 0.15) is 48.0 Å². The lowest BCUT2D eigenvalue weighted by molar-refractivity contribution is -0.139. The average Bonchev–Trinajstić information content (AvgIpc) is 2.22. The summed E-state index contributed by atoms with van der Waals surface area (Å²) in [6, 6.07) is -1.01. The molecule has 22 heavy (non-hydrogen) atoms. The number of amides is 1. The van der Waals surface area contributed by atoms with Crippen LogP contribution >= 0.6 is 0 Å². The second kappa shape index (κ2) is 7.46. The van der Waals surface area contributed by atoms with Crippen molar-refractivity contribution in [3.05, 3.63) is 0 Å². The third-order valence-corrected chi connectivity index (χ3v) is 8.20. The molecule has 0 saturated heterocycles. The van der Waals surface area contributed by atoms with Crippen molar-refractivity contribution in [2.24, 2.45) is 0 Å². The minimum Gasteiger partial charge on any atom is -0.480 e. The molecule has 0 aromatic heterocycles. The van der Waals surface area contributed by atoms with Crippen molar-refractivity contribution in [2.45, 2.75) is 77.7 Å². The van der Waals surface area contributed by atoms with E-state index in [9.17, 15) is 14.7 Å². The molecule has 0 aliphatic heterocycles. The highest BCUT2D eigenvalue weighted by molar-refractivity contribution is 6.74. The van der Waals surface area contributed by atoms with Crippen molar-refractivity contribution in [1.29, 1.82) is 0 Å². The molecule has 0 spiro atoms. The minimum atomic E-state index is -1.92. The van der Waals surface area contributed by atoms with Crippen LogP contribution in [-0.4, -0.2) is 43.7 Å². The van der Waals surface area contributed by atoms with Gasteiger partial charge in [-0.3, -0.25) is 0 Å². The molecule has 0 rings (SSSR count). The molecular formula is C15H31NO5Si. The van der Waals surface area contributed by atoms with E-state index in [1.807, 2.05) is 0 Å². The summed E-state index contributed by atoms with van der Waals surface area (Å²) in [6.07, 6.45) is -0.520. The lowest BCUT2D eigenvalue weighted by atomic mass is 10.2. The summed E-state index contributed by atoms with van der Waals surface area (Å²) in [7, 11) is -1.92. The zero-order chi connectivity index (χ0) is 17.8. The third kappa shape index (κ3) is 7.79. The van der Waals surface area contributed by atoms with E-state index in [0.29, 0.717) is 6.61 Å². The SMILES string of the molecule is CC(C)(C)OC(=O)N[C@H](CCO[Si](C)(C)C(C)(C)C)C(=O)O. The number of ether oxygens (including phenoxy) is 1. The molecule has 0 aliphatic rings. The largest absolute Gasteiger partial charge is 0.480 e. The maximum atomic E-state index is 11.7. The molecule has 0 aliphatic carbocycles. The molecule has 0 saturated carbocycles. The lowest BCUT2D eigenvalue weighted by Gasteiger charge is -2.36. The fourth-order valence-corrected chi connectivity index (χ4v) is 2.42. The first kappa shape index (κ1) is 20.9. The van der Waals surface area contributed by atoms with Gasteiger partial charge in [0.25, 0.3) is 0 Å². The monoisotopic (exact) mass is 333 g/mol. The molecule has 2 N–H and O–H groups in total. The Hall–Kier alpha value is -1.08. The van der Waals surface area contributed by atoms with Crippen LogP contribution in [0.2, 0.25) is 18.1 Å². The molecular weight excluding hydrogens is 302 g/mol. The summed E-state index contributed by atoms with van der Waals surface area (Å²) < 4.78 is 11.0. The summed E-state index contributed by atoms with van der Waals surface area (Å²) >= 11 is 0. The van der Waals surface area contributed by atoms with Crippen LogP contribution in [0.5, 0.6) is 0 Å². The van der Waals surface area contributed by atoms with Gasteiger partial charge < -0.3 is 19.6 Å². The molecule has 1 atom stereocenters. The lowest BCUT2D eigenvalue weighted by Crippen LogP contribution is -2.46. The maximum Gasteiger partial charge on any atom is 0.408 e. The number of rotatable bonds is 6. The van der Waals surface area contributed by atoms with Gasteiger partial charge in [-0.05, 0) is 38.9 Å². The van der Waals surface area contributed by atoms with E-state index in [1.54, 1.807) is 20.8 Å². The van der Waals surface area contributed by atoms with Gasteiger partial charge in [-0.15, -0.1) is 0 Å². The van der Waals surface area contributed by atoms with Gasteiger partial charge in [-0.1, -0.05) is 20.8 Å². The number of aliphatic carboxylic acids is 1. The summed E-state index contributed by atoms with van der Waals surface area (Å²) in [5.41, 5.74) is -0.662. The predicted molar refractivity (Wildman–Crippen MR) is 88.6 cm³/mol. The number of carboxylic acid groups (broad SMARTS) is 1. The van der Waals surface area contributed by atoms with Gasteiger partial charge >= 0.3 is 12.1 Å². The van der Waals surface area contributed by atoms with Gasteiger partial charge in [0.15, 0.2) is 8.32 Å². The van der Waals surface area contributed by atoms with Crippen molar-refractivity contribution in [2.75, 3.05) is 6.61 Å². The quantitative estimate of drug-likeness (QED) is 0.728. The normalized spacial score (nSPS) is 14.4. The Labute approximate surface area is 134 Å². The number of carbonyl (C=O) groups is 2. The summed E-state index contributed by atoms with van der Waals surface area (Å²) in [6.45, 7) is 16.0. The number of carboxylic acids is 1. The number of alkyl carbamates (subject to hydrolysis) is 1. The van der Waals surface area contributed by atoms with E-state index in [2.05, 4.69) is 39.2 Å². The van der Waals surface area contributed by atoms with E-state index >= 15 is 0 Å². The molecule has 0 aromatic carbocycles. The van der Waals surface area contributed by atoms with Crippen LogP contribution in [0, 0.1) is 0 Å². The molecule has 0 fully saturated rings. The van der Waals surface area contributed by atoms with E-state index in [1.165, 1.54) is 0 Å². The Kier molecular flexibility index (Phi) is 7.09. The Morgan fingerprint density at radius 2 is 1.64 bits per heavy atom. The summed E-state index contributed by atoms with van der Waals surface area (Å²) in [4.78, 5) is 22.9. The minimum absolute atomic E-state index is 0.0598. The molecule has 0 heterocycles. The third-order valence-electron chi connectivity index (χ3n) is 3.66. The second-order valence-corrected chi connectivity index (χ2v) is 12.7. The molecule has 6 nitrogen and oxygen atoms in total. The Balaban J connectivity index is 4.51. The molecule has 0 bridgehead atoms. The molecule has 0 radical (unpaired) electrons. The van der Waals surface area contributed by atoms with Crippen LogP contribution in [0.3, 0.4) is 0 Å². The van der Waals surface area contributed by atoms with Crippen molar-refractivity contribution < 1.29 is 23.9 Å². The second-order valence-electron chi connectivity index (χ2n) is 7.93. The first-order valence-corrected chi connectivity index (χ1v) is 10.4. The van der Waals surface area contributed by atoms with Crippen molar-refractivity contribution >= 4 is 20.4 Å². The Morgan fingerprint density at radius 1 is 1.14 bits per heavy atom. The fraction of sp³-hybridized carbons (Fsp3) is 0.867. The number of nitrogens with one attached hydrogen (secondary N) is 1. The first-order chi connectivity index (χ1) is 9.66. The standard InChI is InChI=1S/C15H31NO5Si/c1-14(2,3)21-13(19)16-11(12(17)18)9-10-20-22(7,8)15(4,5)6/h11H,9-10H2,1-8H3,(H,16,19)(H,17,18)/t11-/m1/s1. The van der Waals surface area contributed by atoms with E-state index in [0.717, 1.165) is 0 Å². The Bertz CT molecular complexity index is 396. The van der Waals surface area contributed by atoms with Crippen molar-refractivity contribution in [1.82, 2.24) is 5.32 Å². The number of hydrogen-bond acceptors (Lipinski definition) is 4. The zero-order valence-electron chi connectivity index (χ0n) is 15.1. The zero-order valence-corrected chi connectivity index (χ0v) is 16.1. The van der Waals surface area contributed by atoms with E-state index in [4.69, 9.17) is 9.16 Å². The number of carbonyl (C=O) groups excluding carboxylic acids is 1. The fourth-order valence-electron chi connectivity index (χ4n) is 1.36. The van der Waals surface area contributed by atoms with Gasteiger partial charge in [-0.2, -0.15) is 0 Å². The van der Waals surface area contributed by atoms with Crippen molar-refractivity contribution in [3.8, 4) is 0 Å². The van der Waals surface area contributed by atoms with Gasteiger partial charge in [-0.25, -0.2) is 9.59 Å². The van der Waals surface area contributed by atoms with Crippen LogP contribution in [-0.2, 0) is 14.0 Å². The Morgan fingerprint density at radius 3 is 2.00 bits per heavy atom. The van der Waals surface area contributed by atoms with Gasteiger partial charge in [0.2, 0.25) is 0 Å². The highest BCUT2D eigenvalue weighted by Crippen LogP contribution is 2.36. The first-order valence-electron chi connectivity index (χ1n) is 7.52. The van der Waals surface area contributed by atoms with E-state index < -0.39 is 32.0 Å². The van der Waals surface area contributed by atoms with Gasteiger partial charge in [0.05, 0.1) is 0 Å². The maximum absolute atomic E-state index is 11.7. The topological polar surface area (TPSA) is 84.9 Å². The van der Waals surface area contributed by atoms with Crippen LogP contribution in [0.15, 0.2) is 0 Å². The summed E-state index contributed by atoms with van der Waals surface area (Å²) in [5.74, 6) is -1.09. The molecule has 0 aromatic rings. The average molecular weight is 334 g/mol. The van der Waals surface area contributed by atoms with Gasteiger partial charge in [0.1, 0.15) is 11.6 Å². The highest BCUT2D eigenvalue weighted by Gasteiger charge is 2.37. The predicted octanol–water partition coefficient (Wildman–Crippen LogP) is 3.38. The van der Waals surface area contributed by atoms with E-state index in [-0.39, 0.29) is 11.5 Å². The highest BCUT2D eigenvalue weighted by atomic mass is 28.4. The van der Waals surface area contributed by atoms with Crippen LogP contribution in [0.4, 0.5) is 4.79 Å². The smallest absolute Gasteiger partial charge is 0.408 e. The molecule has 7 heteroatoms. The van der Waals surface area contributed by atoms with Crippen LogP contribution < -0.4 is 5.32 Å². The molecule has 0 unspecified atom stereocenters. The van der Waals surface area contributed by atoms with Gasteiger partial charge in [0, 0.05) is 13.0 Å². The molecule has 1 amide bonds. The van der Waals surface area contributed by atoms with Crippen LogP contribution in [0.25, 0.3) is 0 Å². The molecule has 130 valence electrons. The summed E-state index contributed by atoms with van der Waals surface area (Å²) in [5, 5.41) is 11.6. The van der Waals surface area contributed by atoms with Crippen molar-refractivity contribution in [3.63, 3.8) is 0 Å². The number of hydrogen-bond donors (Lipinski definition) is 2.